The van der Waals surface area contributed by atoms with E-state index in [0.29, 0.717) is 0 Å². The smallest absolute Gasteiger partial charge is 0.0859 e. The molecule has 82 valence electrons. The lowest BCUT2D eigenvalue weighted by Gasteiger charge is -2.19. The summed E-state index contributed by atoms with van der Waals surface area (Å²) in [5.74, 6) is 0. The van der Waals surface area contributed by atoms with Crippen molar-refractivity contribution in [3.05, 3.63) is 35.9 Å². The van der Waals surface area contributed by atoms with Crippen molar-refractivity contribution in [2.24, 2.45) is 0 Å². The average molecular weight is 204 g/mol. The predicted octanol–water partition coefficient (Wildman–Crippen LogP) is 2.13. The highest BCUT2D eigenvalue weighted by molar-refractivity contribution is 5.14. The van der Waals surface area contributed by atoms with Crippen molar-refractivity contribution in [2.75, 3.05) is 6.54 Å². The molecule has 0 aliphatic carbocycles. The molecular weight excluding hydrogens is 182 g/mol. The Balaban J connectivity index is 1.66. The van der Waals surface area contributed by atoms with E-state index >= 15 is 0 Å². The molecule has 0 amide bonds. The summed E-state index contributed by atoms with van der Waals surface area (Å²) >= 11 is 0. The largest absolute Gasteiger partial charge is 0.344 e. The second kappa shape index (κ2) is 5.92. The van der Waals surface area contributed by atoms with E-state index in [1.807, 2.05) is 0 Å². The molecule has 1 heteroatoms. The van der Waals surface area contributed by atoms with Gasteiger partial charge in [-0.3, -0.25) is 0 Å². The molecule has 1 aliphatic heterocycles. The molecule has 1 atom stereocenters. The van der Waals surface area contributed by atoms with Gasteiger partial charge in [0.1, 0.15) is 0 Å². The van der Waals surface area contributed by atoms with Crippen molar-refractivity contribution in [3.8, 4) is 0 Å². The minimum atomic E-state index is 0.919. The number of hydrogen-bond donors (Lipinski definition) is 1. The molecule has 1 nitrogen and oxygen atoms in total. The minimum absolute atomic E-state index is 0.919. The summed E-state index contributed by atoms with van der Waals surface area (Å²) in [7, 11) is 0. The predicted molar refractivity (Wildman–Crippen MR) is 63.8 cm³/mol. The van der Waals surface area contributed by atoms with E-state index in [0.717, 1.165) is 6.04 Å². The van der Waals surface area contributed by atoms with Crippen molar-refractivity contribution >= 4 is 0 Å². The monoisotopic (exact) mass is 204 g/mol. The van der Waals surface area contributed by atoms with Crippen LogP contribution in [0.25, 0.3) is 0 Å². The van der Waals surface area contributed by atoms with Crippen molar-refractivity contribution in [1.29, 1.82) is 0 Å². The number of quaternary nitrogens is 1. The van der Waals surface area contributed by atoms with E-state index < -0.39 is 0 Å². The molecule has 0 aromatic heterocycles. The molecule has 1 saturated heterocycles. The Labute approximate surface area is 92.9 Å². The van der Waals surface area contributed by atoms with Crippen molar-refractivity contribution in [2.45, 2.75) is 44.6 Å². The summed E-state index contributed by atoms with van der Waals surface area (Å²) in [4.78, 5) is 0. The van der Waals surface area contributed by atoms with Crippen LogP contribution in [-0.2, 0) is 6.42 Å². The summed E-state index contributed by atoms with van der Waals surface area (Å²) in [6, 6.07) is 11.8. The van der Waals surface area contributed by atoms with Gasteiger partial charge in [0.15, 0.2) is 0 Å². The van der Waals surface area contributed by atoms with Crippen LogP contribution in [-0.4, -0.2) is 12.6 Å². The Hall–Kier alpha value is -0.820. The topological polar surface area (TPSA) is 16.6 Å². The summed E-state index contributed by atoms with van der Waals surface area (Å²) < 4.78 is 0. The van der Waals surface area contributed by atoms with Crippen LogP contribution in [0.1, 0.15) is 37.7 Å². The van der Waals surface area contributed by atoms with Gasteiger partial charge in [0.05, 0.1) is 12.6 Å². The Morgan fingerprint density at radius 1 is 1.13 bits per heavy atom. The minimum Gasteiger partial charge on any atom is -0.344 e. The van der Waals surface area contributed by atoms with Crippen LogP contribution in [0.2, 0.25) is 0 Å². The van der Waals surface area contributed by atoms with Gasteiger partial charge in [-0.05, 0) is 44.1 Å². The summed E-state index contributed by atoms with van der Waals surface area (Å²) in [5, 5.41) is 2.55. The van der Waals surface area contributed by atoms with Crippen LogP contribution in [0.3, 0.4) is 0 Å². The molecule has 15 heavy (non-hydrogen) atoms. The van der Waals surface area contributed by atoms with Crippen LogP contribution in [0, 0.1) is 0 Å². The Morgan fingerprint density at radius 2 is 2.00 bits per heavy atom. The van der Waals surface area contributed by atoms with Crippen LogP contribution < -0.4 is 5.32 Å². The van der Waals surface area contributed by atoms with Gasteiger partial charge in [-0.15, -0.1) is 0 Å². The van der Waals surface area contributed by atoms with Crippen molar-refractivity contribution in [3.63, 3.8) is 0 Å². The zero-order valence-corrected chi connectivity index (χ0v) is 9.49. The number of rotatable bonds is 4. The lowest BCUT2D eigenvalue weighted by Crippen LogP contribution is -2.91. The van der Waals surface area contributed by atoms with E-state index in [4.69, 9.17) is 0 Å². The third kappa shape index (κ3) is 3.67. The molecule has 1 aliphatic rings. The average Bonchev–Trinajstić information content (AvgIpc) is 2.32. The molecule has 1 aromatic rings. The first-order valence-electron chi connectivity index (χ1n) is 6.32. The Bertz CT molecular complexity index is 262. The van der Waals surface area contributed by atoms with Gasteiger partial charge in [0, 0.05) is 0 Å². The fraction of sp³-hybridized carbons (Fsp3) is 0.571. The van der Waals surface area contributed by atoms with Gasteiger partial charge in [0.2, 0.25) is 0 Å². The van der Waals surface area contributed by atoms with E-state index in [-0.39, 0.29) is 0 Å². The summed E-state index contributed by atoms with van der Waals surface area (Å²) in [6.07, 6.45) is 8.32. The highest BCUT2D eigenvalue weighted by Crippen LogP contribution is 2.10. The van der Waals surface area contributed by atoms with E-state index in [1.54, 1.807) is 0 Å². The number of hydrogen-bond acceptors (Lipinski definition) is 0. The molecule has 0 radical (unpaired) electrons. The normalized spacial score (nSPS) is 21.5. The fourth-order valence-corrected chi connectivity index (χ4v) is 2.50. The number of nitrogens with two attached hydrogens (primary N) is 1. The maximum atomic E-state index is 2.55. The fourth-order valence-electron chi connectivity index (χ4n) is 2.50. The molecule has 0 unspecified atom stereocenters. The number of aryl methyl sites for hydroxylation is 1. The second-order valence-electron chi connectivity index (χ2n) is 4.66. The quantitative estimate of drug-likeness (QED) is 0.773. The lowest BCUT2D eigenvalue weighted by atomic mass is 9.98. The Morgan fingerprint density at radius 3 is 2.73 bits per heavy atom. The van der Waals surface area contributed by atoms with Crippen LogP contribution in [0.15, 0.2) is 30.3 Å². The third-order valence-corrected chi connectivity index (χ3v) is 3.41. The number of benzene rings is 1. The van der Waals surface area contributed by atoms with E-state index in [9.17, 15) is 0 Å². The van der Waals surface area contributed by atoms with Gasteiger partial charge in [0.25, 0.3) is 0 Å². The zero-order chi connectivity index (χ0) is 10.3. The van der Waals surface area contributed by atoms with Gasteiger partial charge in [-0.1, -0.05) is 30.3 Å². The molecule has 2 rings (SSSR count). The Kier molecular flexibility index (Phi) is 4.22. The molecule has 1 heterocycles. The first-order valence-corrected chi connectivity index (χ1v) is 6.32. The molecule has 2 N–H and O–H groups in total. The first kappa shape index (κ1) is 10.7. The lowest BCUT2D eigenvalue weighted by molar-refractivity contribution is -0.698. The highest BCUT2D eigenvalue weighted by atomic mass is 14.9. The van der Waals surface area contributed by atoms with Crippen LogP contribution >= 0.6 is 0 Å². The highest BCUT2D eigenvalue weighted by Gasteiger charge is 2.15. The van der Waals surface area contributed by atoms with Crippen LogP contribution in [0.5, 0.6) is 0 Å². The maximum absolute atomic E-state index is 2.55. The molecule has 1 fully saturated rings. The zero-order valence-electron chi connectivity index (χ0n) is 9.49. The van der Waals surface area contributed by atoms with E-state index in [2.05, 4.69) is 35.6 Å². The molecular formula is C14H22N+. The summed E-state index contributed by atoms with van der Waals surface area (Å²) in [6.45, 7) is 1.36. The van der Waals surface area contributed by atoms with E-state index in [1.165, 1.54) is 50.6 Å². The van der Waals surface area contributed by atoms with Gasteiger partial charge in [-0.2, -0.15) is 0 Å². The number of piperidine rings is 1. The van der Waals surface area contributed by atoms with Gasteiger partial charge >= 0.3 is 0 Å². The molecule has 0 spiro atoms. The van der Waals surface area contributed by atoms with Gasteiger partial charge in [-0.25, -0.2) is 0 Å². The standard InChI is InChI=1S/C14H21N/c1-2-7-13(8-3-1)9-6-11-14-10-4-5-12-15-14/h1-3,7-8,14-15H,4-6,9-12H2/p+1/t14-/m0/s1. The SMILES string of the molecule is c1ccc(CCC[C@@H]2CCCC[NH2+]2)cc1. The molecule has 0 bridgehead atoms. The maximum Gasteiger partial charge on any atom is 0.0859 e. The second-order valence-corrected chi connectivity index (χ2v) is 4.66. The summed E-state index contributed by atoms with van der Waals surface area (Å²) in [5.41, 5.74) is 1.49. The van der Waals surface area contributed by atoms with Crippen LogP contribution in [0.4, 0.5) is 0 Å². The van der Waals surface area contributed by atoms with Crippen molar-refractivity contribution in [1.82, 2.24) is 0 Å². The molecule has 1 aromatic carbocycles. The van der Waals surface area contributed by atoms with Gasteiger partial charge < -0.3 is 5.32 Å². The third-order valence-electron chi connectivity index (χ3n) is 3.41. The first-order chi connectivity index (χ1) is 7.45. The molecule has 0 saturated carbocycles. The van der Waals surface area contributed by atoms with Crippen molar-refractivity contribution < 1.29 is 5.32 Å².